The first-order chi connectivity index (χ1) is 9.04. The van der Waals surface area contributed by atoms with Gasteiger partial charge in [0, 0.05) is 16.1 Å². The smallest absolute Gasteiger partial charge is 0.129 e. The van der Waals surface area contributed by atoms with Gasteiger partial charge in [0.1, 0.15) is 17.4 Å². The monoisotopic (exact) mass is 283 g/mol. The number of nitrogens with two attached hydrogens (primary N) is 1. The van der Waals surface area contributed by atoms with Gasteiger partial charge in [-0.3, -0.25) is 0 Å². The highest BCUT2D eigenvalue weighted by Crippen LogP contribution is 2.33. The number of methoxy groups -OCH3 is 1. The Morgan fingerprint density at radius 3 is 2.58 bits per heavy atom. The Labute approximate surface area is 114 Å². The maximum absolute atomic E-state index is 13.8. The molecule has 0 saturated heterocycles. The van der Waals surface area contributed by atoms with E-state index >= 15 is 0 Å². The maximum Gasteiger partial charge on any atom is 0.129 e. The lowest BCUT2D eigenvalue weighted by Gasteiger charge is -2.18. The number of benzene rings is 2. The molecule has 0 spiro atoms. The molecular weight excluding hydrogens is 272 g/mol. The van der Waals surface area contributed by atoms with Crippen molar-refractivity contribution in [1.82, 2.24) is 0 Å². The summed E-state index contributed by atoms with van der Waals surface area (Å²) in [6.07, 6.45) is 0. The van der Waals surface area contributed by atoms with Crippen LogP contribution < -0.4 is 10.5 Å². The van der Waals surface area contributed by atoms with Crippen molar-refractivity contribution < 1.29 is 13.5 Å². The van der Waals surface area contributed by atoms with E-state index < -0.39 is 17.7 Å². The second-order valence-electron chi connectivity index (χ2n) is 4.00. The van der Waals surface area contributed by atoms with E-state index in [1.807, 2.05) is 0 Å². The van der Waals surface area contributed by atoms with Gasteiger partial charge in [-0.2, -0.15) is 0 Å². The third-order valence-electron chi connectivity index (χ3n) is 2.84. The first-order valence-electron chi connectivity index (χ1n) is 5.57. The molecule has 2 nitrogen and oxygen atoms in total. The molecule has 100 valence electrons. The lowest BCUT2D eigenvalue weighted by atomic mass is 9.98. The van der Waals surface area contributed by atoms with Crippen LogP contribution in [0.1, 0.15) is 17.2 Å². The summed E-state index contributed by atoms with van der Waals surface area (Å²) in [6.45, 7) is 0. The van der Waals surface area contributed by atoms with Gasteiger partial charge in [-0.05, 0) is 30.3 Å². The van der Waals surface area contributed by atoms with Crippen LogP contribution in [0, 0.1) is 11.6 Å². The van der Waals surface area contributed by atoms with E-state index in [4.69, 9.17) is 22.1 Å². The van der Waals surface area contributed by atoms with Crippen molar-refractivity contribution in [3.05, 3.63) is 64.2 Å². The van der Waals surface area contributed by atoms with Gasteiger partial charge in [-0.15, -0.1) is 0 Å². The molecule has 0 saturated carbocycles. The molecule has 2 aromatic carbocycles. The van der Waals surface area contributed by atoms with Crippen molar-refractivity contribution in [2.75, 3.05) is 7.11 Å². The molecule has 0 radical (unpaired) electrons. The van der Waals surface area contributed by atoms with Crippen molar-refractivity contribution in [3.8, 4) is 5.75 Å². The molecule has 0 bridgehead atoms. The summed E-state index contributed by atoms with van der Waals surface area (Å²) in [5.74, 6) is -0.627. The van der Waals surface area contributed by atoms with Crippen LogP contribution in [0.2, 0.25) is 5.02 Å². The van der Waals surface area contributed by atoms with Gasteiger partial charge in [0.25, 0.3) is 0 Å². The summed E-state index contributed by atoms with van der Waals surface area (Å²) in [7, 11) is 1.44. The molecule has 0 heterocycles. The zero-order chi connectivity index (χ0) is 14.0. The van der Waals surface area contributed by atoms with Gasteiger partial charge in [-0.25, -0.2) is 8.78 Å². The third-order valence-corrected chi connectivity index (χ3v) is 3.17. The fourth-order valence-corrected chi connectivity index (χ4v) is 2.19. The predicted molar refractivity (Wildman–Crippen MR) is 70.4 cm³/mol. The summed E-state index contributed by atoms with van der Waals surface area (Å²) in [4.78, 5) is 0. The van der Waals surface area contributed by atoms with Gasteiger partial charge in [0.05, 0.1) is 13.2 Å². The number of rotatable bonds is 3. The van der Waals surface area contributed by atoms with Gasteiger partial charge in [0.2, 0.25) is 0 Å². The molecule has 0 aliphatic carbocycles. The third kappa shape index (κ3) is 2.69. The molecule has 2 N–H and O–H groups in total. The first kappa shape index (κ1) is 13.8. The standard InChI is InChI=1S/C14H12ClF2NO/c1-19-12-6-5-8(16)7-9(12)14(18)13-10(15)3-2-4-11(13)17/h2-7,14H,18H2,1H3. The van der Waals surface area contributed by atoms with Crippen LogP contribution in [-0.4, -0.2) is 7.11 Å². The van der Waals surface area contributed by atoms with Crippen LogP contribution in [-0.2, 0) is 0 Å². The molecule has 5 heteroatoms. The molecule has 1 atom stereocenters. The highest BCUT2D eigenvalue weighted by molar-refractivity contribution is 6.31. The molecular formula is C14H12ClF2NO. The van der Waals surface area contributed by atoms with Crippen LogP contribution in [0.3, 0.4) is 0 Å². The summed E-state index contributed by atoms with van der Waals surface area (Å²) < 4.78 is 32.3. The summed E-state index contributed by atoms with van der Waals surface area (Å²) in [6, 6.07) is 7.28. The molecule has 2 aromatic rings. The van der Waals surface area contributed by atoms with Crippen molar-refractivity contribution in [2.45, 2.75) is 6.04 Å². The topological polar surface area (TPSA) is 35.2 Å². The average molecular weight is 284 g/mol. The average Bonchev–Trinajstić information content (AvgIpc) is 2.38. The largest absolute Gasteiger partial charge is 0.496 e. The van der Waals surface area contributed by atoms with Gasteiger partial charge < -0.3 is 10.5 Å². The zero-order valence-electron chi connectivity index (χ0n) is 10.2. The van der Waals surface area contributed by atoms with Crippen molar-refractivity contribution >= 4 is 11.6 Å². The van der Waals surface area contributed by atoms with Crippen LogP contribution in [0.15, 0.2) is 36.4 Å². The van der Waals surface area contributed by atoms with E-state index in [9.17, 15) is 8.78 Å². The van der Waals surface area contributed by atoms with E-state index in [-0.39, 0.29) is 10.6 Å². The lowest BCUT2D eigenvalue weighted by molar-refractivity contribution is 0.406. The minimum Gasteiger partial charge on any atom is -0.496 e. The summed E-state index contributed by atoms with van der Waals surface area (Å²) in [5, 5.41) is 0.193. The fraction of sp³-hybridized carbons (Fsp3) is 0.143. The molecule has 0 amide bonds. The normalized spacial score (nSPS) is 12.3. The highest BCUT2D eigenvalue weighted by atomic mass is 35.5. The minimum atomic E-state index is -0.903. The van der Waals surface area contributed by atoms with Gasteiger partial charge >= 0.3 is 0 Å². The first-order valence-corrected chi connectivity index (χ1v) is 5.95. The molecule has 0 fully saturated rings. The van der Waals surface area contributed by atoms with Crippen molar-refractivity contribution in [3.63, 3.8) is 0 Å². The molecule has 0 aromatic heterocycles. The Balaban J connectivity index is 2.55. The SMILES string of the molecule is COc1ccc(F)cc1C(N)c1c(F)cccc1Cl. The Bertz CT molecular complexity index is 584. The van der Waals surface area contributed by atoms with Crippen LogP contribution in [0.25, 0.3) is 0 Å². The van der Waals surface area contributed by atoms with Crippen LogP contribution in [0.5, 0.6) is 5.75 Å². The lowest BCUT2D eigenvalue weighted by Crippen LogP contribution is -2.15. The highest BCUT2D eigenvalue weighted by Gasteiger charge is 2.20. The van der Waals surface area contributed by atoms with Gasteiger partial charge in [0.15, 0.2) is 0 Å². The summed E-state index contributed by atoms with van der Waals surface area (Å²) in [5.41, 5.74) is 6.45. The van der Waals surface area contributed by atoms with Crippen molar-refractivity contribution in [2.24, 2.45) is 5.73 Å². The maximum atomic E-state index is 13.8. The van der Waals surface area contributed by atoms with Crippen LogP contribution >= 0.6 is 11.6 Å². The predicted octanol–water partition coefficient (Wildman–Crippen LogP) is 3.67. The number of halogens is 3. The molecule has 0 aliphatic heterocycles. The van der Waals surface area contributed by atoms with Gasteiger partial charge in [-0.1, -0.05) is 17.7 Å². The molecule has 0 aliphatic rings. The molecule has 1 unspecified atom stereocenters. The molecule has 19 heavy (non-hydrogen) atoms. The van der Waals surface area contributed by atoms with E-state index in [1.54, 1.807) is 0 Å². The van der Waals surface area contributed by atoms with E-state index in [2.05, 4.69) is 0 Å². The fourth-order valence-electron chi connectivity index (χ4n) is 1.91. The Morgan fingerprint density at radius 1 is 1.21 bits per heavy atom. The Hall–Kier alpha value is -1.65. The zero-order valence-corrected chi connectivity index (χ0v) is 10.9. The van der Waals surface area contributed by atoms with E-state index in [1.165, 1.54) is 43.5 Å². The number of hydrogen-bond donors (Lipinski definition) is 1. The summed E-state index contributed by atoms with van der Waals surface area (Å²) >= 11 is 5.96. The van der Waals surface area contributed by atoms with Crippen LogP contribution in [0.4, 0.5) is 8.78 Å². The Morgan fingerprint density at radius 2 is 1.95 bits per heavy atom. The Kier molecular flexibility index (Phi) is 4.02. The quantitative estimate of drug-likeness (QED) is 0.933. The number of ether oxygens (including phenoxy) is 1. The second-order valence-corrected chi connectivity index (χ2v) is 4.41. The van der Waals surface area contributed by atoms with Crippen molar-refractivity contribution in [1.29, 1.82) is 0 Å². The second kappa shape index (κ2) is 5.55. The van der Waals surface area contributed by atoms with E-state index in [0.29, 0.717) is 11.3 Å². The van der Waals surface area contributed by atoms with E-state index in [0.717, 1.165) is 0 Å². The number of hydrogen-bond acceptors (Lipinski definition) is 2. The molecule has 2 rings (SSSR count). The minimum absolute atomic E-state index is 0.119.